The van der Waals surface area contributed by atoms with Gasteiger partial charge in [-0.15, -0.1) is 0 Å². The lowest BCUT2D eigenvalue weighted by Crippen LogP contribution is -2.48. The normalized spacial score (nSPS) is 16.8. The number of hydrogen-bond acceptors (Lipinski definition) is 5. The smallest absolute Gasteiger partial charge is 0.228 e. The summed E-state index contributed by atoms with van der Waals surface area (Å²) < 4.78 is 11.5. The minimum absolute atomic E-state index is 0.0120. The highest BCUT2D eigenvalue weighted by atomic mass is 35.5. The molecule has 2 heterocycles. The van der Waals surface area contributed by atoms with Crippen molar-refractivity contribution in [1.82, 2.24) is 9.88 Å². The van der Waals surface area contributed by atoms with Gasteiger partial charge in [-0.3, -0.25) is 14.6 Å². The van der Waals surface area contributed by atoms with Crippen LogP contribution in [0.1, 0.15) is 23.0 Å². The second kappa shape index (κ2) is 8.97. The van der Waals surface area contributed by atoms with Crippen LogP contribution >= 0.6 is 11.6 Å². The number of ether oxygens (including phenoxy) is 2. The fourth-order valence-corrected chi connectivity index (χ4v) is 3.07. The first-order valence-corrected chi connectivity index (χ1v) is 9.13. The van der Waals surface area contributed by atoms with Crippen LogP contribution in [0.15, 0.2) is 42.6 Å². The van der Waals surface area contributed by atoms with Crippen LogP contribution in [0.5, 0.6) is 5.75 Å². The summed E-state index contributed by atoms with van der Waals surface area (Å²) in [5, 5.41) is 0.479. The Hall–Kier alpha value is -2.44. The first-order valence-electron chi connectivity index (χ1n) is 8.75. The van der Waals surface area contributed by atoms with Crippen LogP contribution in [-0.2, 0) is 16.0 Å². The van der Waals surface area contributed by atoms with Crippen LogP contribution in [0.4, 0.5) is 0 Å². The van der Waals surface area contributed by atoms with E-state index in [1.54, 1.807) is 29.3 Å². The molecule has 7 heteroatoms. The summed E-state index contributed by atoms with van der Waals surface area (Å²) in [6, 6.07) is 10.5. The van der Waals surface area contributed by atoms with Gasteiger partial charge in [0.2, 0.25) is 5.91 Å². The van der Waals surface area contributed by atoms with Crippen molar-refractivity contribution in [2.24, 2.45) is 0 Å². The molecule has 0 bridgehead atoms. The third-order valence-electron chi connectivity index (χ3n) is 4.30. The zero-order chi connectivity index (χ0) is 19.2. The molecule has 0 aliphatic carbocycles. The van der Waals surface area contributed by atoms with E-state index in [2.05, 4.69) is 4.98 Å². The Kier molecular flexibility index (Phi) is 6.42. The summed E-state index contributed by atoms with van der Waals surface area (Å²) in [7, 11) is 0. The summed E-state index contributed by atoms with van der Waals surface area (Å²) in [4.78, 5) is 30.2. The Balaban J connectivity index is 1.57. The van der Waals surface area contributed by atoms with Crippen LogP contribution in [-0.4, -0.2) is 54.0 Å². The van der Waals surface area contributed by atoms with Gasteiger partial charge in [-0.1, -0.05) is 17.7 Å². The van der Waals surface area contributed by atoms with Gasteiger partial charge in [0.1, 0.15) is 18.5 Å². The molecule has 1 atom stereocenters. The number of rotatable bonds is 6. The maximum atomic E-state index is 12.5. The van der Waals surface area contributed by atoms with E-state index in [0.717, 1.165) is 5.69 Å². The molecule has 0 N–H and O–H groups in total. The summed E-state index contributed by atoms with van der Waals surface area (Å²) in [6.45, 7) is 3.14. The van der Waals surface area contributed by atoms with E-state index in [4.69, 9.17) is 21.1 Å². The van der Waals surface area contributed by atoms with Gasteiger partial charge in [0.25, 0.3) is 0 Å². The van der Waals surface area contributed by atoms with Crippen molar-refractivity contribution < 1.29 is 19.1 Å². The molecule has 1 aromatic heterocycles. The Morgan fingerprint density at radius 1 is 1.33 bits per heavy atom. The fraction of sp³-hybridized carbons (Fsp3) is 0.350. The molecule has 1 fully saturated rings. The van der Waals surface area contributed by atoms with Gasteiger partial charge < -0.3 is 14.4 Å². The second-order valence-corrected chi connectivity index (χ2v) is 6.77. The molecule has 1 aliphatic rings. The van der Waals surface area contributed by atoms with E-state index < -0.39 is 0 Å². The van der Waals surface area contributed by atoms with E-state index in [-0.39, 0.29) is 30.8 Å². The standard InChI is InChI=1S/C20H21ClN2O4/c1-14(24)18-10-15(21)5-6-19(18)27-13-17-12-23(8-9-26-17)20(25)11-16-4-2-3-7-22-16/h2-7,10,17H,8-9,11-13H2,1H3. The third-order valence-corrected chi connectivity index (χ3v) is 4.53. The van der Waals surface area contributed by atoms with Gasteiger partial charge in [0.05, 0.1) is 25.1 Å². The predicted octanol–water partition coefficient (Wildman–Crippen LogP) is 2.79. The van der Waals surface area contributed by atoms with Gasteiger partial charge in [0, 0.05) is 23.5 Å². The van der Waals surface area contributed by atoms with Crippen LogP contribution in [0, 0.1) is 0 Å². The average Bonchev–Trinajstić information content (AvgIpc) is 2.68. The molecular weight excluding hydrogens is 368 g/mol. The molecule has 6 nitrogen and oxygen atoms in total. The van der Waals surface area contributed by atoms with Crippen molar-refractivity contribution in [3.05, 3.63) is 58.9 Å². The van der Waals surface area contributed by atoms with E-state index in [1.807, 2.05) is 18.2 Å². The molecule has 142 valence electrons. The number of amides is 1. The minimum atomic E-state index is -0.262. The topological polar surface area (TPSA) is 68.7 Å². The number of benzene rings is 1. The Bertz CT molecular complexity index is 813. The minimum Gasteiger partial charge on any atom is -0.490 e. The number of Topliss-reactive ketones (excluding diaryl/α,β-unsaturated/α-hetero) is 1. The van der Waals surface area contributed by atoms with E-state index in [9.17, 15) is 9.59 Å². The number of carbonyl (C=O) groups excluding carboxylic acids is 2. The van der Waals surface area contributed by atoms with Crippen molar-refractivity contribution in [2.45, 2.75) is 19.4 Å². The summed E-state index contributed by atoms with van der Waals surface area (Å²) in [5.74, 6) is 0.356. The number of pyridine rings is 1. The number of aromatic nitrogens is 1. The monoisotopic (exact) mass is 388 g/mol. The van der Waals surface area contributed by atoms with Crippen LogP contribution in [0.2, 0.25) is 5.02 Å². The highest BCUT2D eigenvalue weighted by molar-refractivity contribution is 6.31. The summed E-state index contributed by atoms with van der Waals surface area (Å²) >= 11 is 5.95. The Morgan fingerprint density at radius 3 is 2.93 bits per heavy atom. The van der Waals surface area contributed by atoms with Crippen LogP contribution in [0.3, 0.4) is 0 Å². The first kappa shape index (κ1) is 19.3. The van der Waals surface area contributed by atoms with Crippen LogP contribution in [0.25, 0.3) is 0 Å². The van der Waals surface area contributed by atoms with E-state index in [1.165, 1.54) is 6.92 Å². The Morgan fingerprint density at radius 2 is 2.19 bits per heavy atom. The molecule has 1 saturated heterocycles. The quantitative estimate of drug-likeness (QED) is 0.712. The van der Waals surface area contributed by atoms with E-state index in [0.29, 0.717) is 36.0 Å². The molecule has 1 aliphatic heterocycles. The maximum absolute atomic E-state index is 12.5. The van der Waals surface area contributed by atoms with Gasteiger partial charge in [-0.05, 0) is 37.3 Å². The number of hydrogen-bond donors (Lipinski definition) is 0. The van der Waals surface area contributed by atoms with Gasteiger partial charge >= 0.3 is 0 Å². The lowest BCUT2D eigenvalue weighted by Gasteiger charge is -2.33. The van der Waals surface area contributed by atoms with E-state index >= 15 is 0 Å². The molecule has 1 unspecified atom stereocenters. The highest BCUT2D eigenvalue weighted by Crippen LogP contribution is 2.24. The van der Waals surface area contributed by atoms with Gasteiger partial charge in [0.15, 0.2) is 5.78 Å². The van der Waals surface area contributed by atoms with Crippen molar-refractivity contribution in [2.75, 3.05) is 26.3 Å². The first-order chi connectivity index (χ1) is 13.0. The molecule has 3 rings (SSSR count). The maximum Gasteiger partial charge on any atom is 0.228 e. The van der Waals surface area contributed by atoms with Crippen LogP contribution < -0.4 is 4.74 Å². The SMILES string of the molecule is CC(=O)c1cc(Cl)ccc1OCC1CN(C(=O)Cc2ccccn2)CCO1. The fourth-order valence-electron chi connectivity index (χ4n) is 2.90. The lowest BCUT2D eigenvalue weighted by molar-refractivity contribution is -0.139. The lowest BCUT2D eigenvalue weighted by atomic mass is 10.1. The zero-order valence-electron chi connectivity index (χ0n) is 15.1. The van der Waals surface area contributed by atoms with Crippen molar-refractivity contribution in [3.8, 4) is 5.75 Å². The summed E-state index contributed by atoms with van der Waals surface area (Å²) in [5.41, 5.74) is 1.18. The average molecular weight is 389 g/mol. The number of halogens is 1. The molecule has 27 heavy (non-hydrogen) atoms. The van der Waals surface area contributed by atoms with Gasteiger partial charge in [-0.2, -0.15) is 0 Å². The molecule has 0 saturated carbocycles. The Labute approximate surface area is 163 Å². The number of carbonyl (C=O) groups is 2. The molecule has 0 spiro atoms. The molecule has 1 amide bonds. The van der Waals surface area contributed by atoms with Gasteiger partial charge in [-0.25, -0.2) is 0 Å². The zero-order valence-corrected chi connectivity index (χ0v) is 15.8. The second-order valence-electron chi connectivity index (χ2n) is 6.34. The number of morpholine rings is 1. The number of ketones is 1. The largest absolute Gasteiger partial charge is 0.490 e. The molecule has 1 aromatic carbocycles. The third kappa shape index (κ3) is 5.28. The van der Waals surface area contributed by atoms with Crippen molar-refractivity contribution in [3.63, 3.8) is 0 Å². The van der Waals surface area contributed by atoms with Crippen molar-refractivity contribution in [1.29, 1.82) is 0 Å². The molecular formula is C20H21ClN2O4. The predicted molar refractivity (Wildman–Crippen MR) is 101 cm³/mol. The highest BCUT2D eigenvalue weighted by Gasteiger charge is 2.25. The number of nitrogens with zero attached hydrogens (tertiary/aromatic N) is 2. The summed E-state index contributed by atoms with van der Waals surface area (Å²) in [6.07, 6.45) is 1.68. The molecule has 2 aromatic rings. The van der Waals surface area contributed by atoms with Crippen molar-refractivity contribution >= 4 is 23.3 Å². The molecule has 0 radical (unpaired) electrons.